The number of nitrogens with two attached hydrogens (primary N) is 1. The zero-order chi connectivity index (χ0) is 12.8. The van der Waals surface area contributed by atoms with Crippen LogP contribution in [-0.4, -0.2) is 10.1 Å². The lowest BCUT2D eigenvalue weighted by Gasteiger charge is -2.34. The number of nitrogens with zero attached hydrogens (tertiary/aromatic N) is 2. The Morgan fingerprint density at radius 3 is 2.83 bits per heavy atom. The molecule has 1 saturated carbocycles. The van der Waals surface area contributed by atoms with Crippen molar-refractivity contribution in [2.75, 3.05) is 0 Å². The summed E-state index contributed by atoms with van der Waals surface area (Å²) in [5, 5.41) is 3.90. The first-order valence-electron chi connectivity index (χ1n) is 5.67. The Kier molecular flexibility index (Phi) is 2.71. The van der Waals surface area contributed by atoms with Crippen LogP contribution in [0, 0.1) is 5.82 Å². The molecule has 1 heterocycles. The van der Waals surface area contributed by atoms with Crippen LogP contribution >= 0.6 is 15.9 Å². The average Bonchev–Trinajstić information content (AvgIpc) is 2.79. The maximum atomic E-state index is 13.2. The van der Waals surface area contributed by atoms with Crippen LogP contribution < -0.4 is 5.73 Å². The van der Waals surface area contributed by atoms with Gasteiger partial charge >= 0.3 is 0 Å². The molecular weight excluding hydrogens is 301 g/mol. The van der Waals surface area contributed by atoms with Crippen molar-refractivity contribution in [2.45, 2.75) is 24.8 Å². The van der Waals surface area contributed by atoms with E-state index in [4.69, 9.17) is 10.3 Å². The van der Waals surface area contributed by atoms with Crippen molar-refractivity contribution in [1.29, 1.82) is 0 Å². The Hall–Kier alpha value is -1.27. The van der Waals surface area contributed by atoms with E-state index in [0.29, 0.717) is 15.9 Å². The largest absolute Gasteiger partial charge is 0.334 e. The summed E-state index contributed by atoms with van der Waals surface area (Å²) in [4.78, 5) is 4.28. The molecule has 1 aromatic heterocycles. The molecule has 1 fully saturated rings. The molecule has 94 valence electrons. The molecule has 3 rings (SSSR count). The average molecular weight is 312 g/mol. The third-order valence-corrected chi connectivity index (χ3v) is 3.97. The molecule has 0 amide bonds. The number of hydrogen-bond donors (Lipinski definition) is 1. The zero-order valence-corrected chi connectivity index (χ0v) is 11.1. The summed E-state index contributed by atoms with van der Waals surface area (Å²) < 4.78 is 19.1. The van der Waals surface area contributed by atoms with Gasteiger partial charge in [-0.05, 0) is 53.4 Å². The minimum atomic E-state index is -0.471. The first-order valence-corrected chi connectivity index (χ1v) is 6.46. The molecule has 1 aliphatic carbocycles. The Morgan fingerprint density at radius 2 is 2.17 bits per heavy atom. The van der Waals surface area contributed by atoms with Crippen LogP contribution in [-0.2, 0) is 5.54 Å². The van der Waals surface area contributed by atoms with Crippen molar-refractivity contribution in [3.8, 4) is 11.5 Å². The van der Waals surface area contributed by atoms with Gasteiger partial charge in [0.15, 0.2) is 5.82 Å². The van der Waals surface area contributed by atoms with E-state index in [1.54, 1.807) is 6.07 Å². The first kappa shape index (κ1) is 11.8. The fourth-order valence-corrected chi connectivity index (χ4v) is 2.39. The molecule has 4 nitrogen and oxygen atoms in total. The van der Waals surface area contributed by atoms with Crippen LogP contribution in [0.1, 0.15) is 25.1 Å². The minimum Gasteiger partial charge on any atom is -0.334 e. The van der Waals surface area contributed by atoms with Gasteiger partial charge in [-0.2, -0.15) is 4.98 Å². The standard InChI is InChI=1S/C12H11BrFN3O/c13-9-3-2-7(14)6-8(9)10-16-11(17-18-10)12(15)4-1-5-12/h2-3,6H,1,4-5,15H2. The number of benzene rings is 1. The Bertz CT molecular complexity index is 595. The quantitative estimate of drug-likeness (QED) is 0.926. The molecule has 2 aromatic rings. The van der Waals surface area contributed by atoms with Gasteiger partial charge in [0.1, 0.15) is 5.82 Å². The molecule has 1 aliphatic rings. The van der Waals surface area contributed by atoms with E-state index < -0.39 is 5.54 Å². The first-order chi connectivity index (χ1) is 8.58. The summed E-state index contributed by atoms with van der Waals surface area (Å²) in [6.45, 7) is 0. The molecule has 0 atom stereocenters. The minimum absolute atomic E-state index is 0.285. The fraction of sp³-hybridized carbons (Fsp3) is 0.333. The van der Waals surface area contributed by atoms with E-state index in [-0.39, 0.29) is 11.7 Å². The van der Waals surface area contributed by atoms with E-state index in [0.717, 1.165) is 19.3 Å². The van der Waals surface area contributed by atoms with Gasteiger partial charge in [0.2, 0.25) is 0 Å². The smallest absolute Gasteiger partial charge is 0.259 e. The predicted molar refractivity (Wildman–Crippen MR) is 67.1 cm³/mol. The van der Waals surface area contributed by atoms with Crippen molar-refractivity contribution in [2.24, 2.45) is 5.73 Å². The lowest BCUT2D eigenvalue weighted by Crippen LogP contribution is -2.44. The Labute approximate surface area is 112 Å². The number of halogens is 2. The van der Waals surface area contributed by atoms with E-state index >= 15 is 0 Å². The predicted octanol–water partition coefficient (Wildman–Crippen LogP) is 2.98. The monoisotopic (exact) mass is 311 g/mol. The number of hydrogen-bond acceptors (Lipinski definition) is 4. The van der Waals surface area contributed by atoms with Gasteiger partial charge in [-0.1, -0.05) is 5.16 Å². The third kappa shape index (κ3) is 1.85. The number of rotatable bonds is 2. The fourth-order valence-electron chi connectivity index (χ4n) is 1.98. The van der Waals surface area contributed by atoms with Crippen LogP contribution in [0.15, 0.2) is 27.2 Å². The second-order valence-electron chi connectivity index (χ2n) is 4.56. The van der Waals surface area contributed by atoms with Crippen molar-refractivity contribution in [3.05, 3.63) is 34.3 Å². The maximum Gasteiger partial charge on any atom is 0.259 e. The topological polar surface area (TPSA) is 64.9 Å². The zero-order valence-electron chi connectivity index (χ0n) is 9.49. The van der Waals surface area contributed by atoms with E-state index in [2.05, 4.69) is 26.1 Å². The second-order valence-corrected chi connectivity index (χ2v) is 5.41. The van der Waals surface area contributed by atoms with Gasteiger partial charge in [0.05, 0.1) is 11.1 Å². The van der Waals surface area contributed by atoms with Crippen LogP contribution in [0.3, 0.4) is 0 Å². The normalized spacial score (nSPS) is 17.5. The highest BCUT2D eigenvalue weighted by Crippen LogP contribution is 2.38. The van der Waals surface area contributed by atoms with Gasteiger partial charge < -0.3 is 10.3 Å². The molecule has 18 heavy (non-hydrogen) atoms. The van der Waals surface area contributed by atoms with E-state index in [1.807, 2.05) is 0 Å². The summed E-state index contributed by atoms with van der Waals surface area (Å²) in [6.07, 6.45) is 2.79. The van der Waals surface area contributed by atoms with Crippen LogP contribution in [0.25, 0.3) is 11.5 Å². The summed E-state index contributed by atoms with van der Waals surface area (Å²) >= 11 is 3.33. The second kappa shape index (κ2) is 4.13. The molecule has 0 aliphatic heterocycles. The van der Waals surface area contributed by atoms with Gasteiger partial charge in [-0.3, -0.25) is 0 Å². The molecule has 0 spiro atoms. The highest BCUT2D eigenvalue weighted by atomic mass is 79.9. The van der Waals surface area contributed by atoms with Gasteiger partial charge in [-0.15, -0.1) is 0 Å². The number of aromatic nitrogens is 2. The Morgan fingerprint density at radius 1 is 1.39 bits per heavy atom. The van der Waals surface area contributed by atoms with E-state index in [9.17, 15) is 4.39 Å². The van der Waals surface area contributed by atoms with Gasteiger partial charge in [-0.25, -0.2) is 4.39 Å². The SMILES string of the molecule is NC1(c2noc(-c3cc(F)ccc3Br)n2)CCC1. The maximum absolute atomic E-state index is 13.2. The van der Waals surface area contributed by atoms with Crippen LogP contribution in [0.4, 0.5) is 4.39 Å². The summed E-state index contributed by atoms with van der Waals surface area (Å²) in [5.41, 5.74) is 6.18. The molecule has 0 unspecified atom stereocenters. The molecule has 1 aromatic carbocycles. The molecule has 6 heteroatoms. The van der Waals surface area contributed by atoms with Crippen molar-refractivity contribution < 1.29 is 8.91 Å². The Balaban J connectivity index is 2.00. The van der Waals surface area contributed by atoms with Crippen molar-refractivity contribution in [1.82, 2.24) is 10.1 Å². The highest BCUT2D eigenvalue weighted by molar-refractivity contribution is 9.10. The molecule has 0 radical (unpaired) electrons. The molecule has 0 saturated heterocycles. The summed E-state index contributed by atoms with van der Waals surface area (Å²) in [6, 6.07) is 4.32. The van der Waals surface area contributed by atoms with Crippen molar-refractivity contribution >= 4 is 15.9 Å². The summed E-state index contributed by atoms with van der Waals surface area (Å²) in [7, 11) is 0. The molecule has 2 N–H and O–H groups in total. The van der Waals surface area contributed by atoms with Gasteiger partial charge in [0.25, 0.3) is 5.89 Å². The molecular formula is C12H11BrFN3O. The molecule has 0 bridgehead atoms. The van der Waals surface area contributed by atoms with Crippen LogP contribution in [0.5, 0.6) is 0 Å². The van der Waals surface area contributed by atoms with E-state index in [1.165, 1.54) is 12.1 Å². The van der Waals surface area contributed by atoms with Gasteiger partial charge in [0, 0.05) is 4.47 Å². The lowest BCUT2D eigenvalue weighted by atomic mass is 9.77. The summed E-state index contributed by atoms with van der Waals surface area (Å²) in [5.74, 6) is 0.437. The van der Waals surface area contributed by atoms with Crippen LogP contribution in [0.2, 0.25) is 0 Å². The van der Waals surface area contributed by atoms with Crippen molar-refractivity contribution in [3.63, 3.8) is 0 Å². The highest BCUT2D eigenvalue weighted by Gasteiger charge is 2.39. The lowest BCUT2D eigenvalue weighted by molar-refractivity contribution is 0.229. The third-order valence-electron chi connectivity index (χ3n) is 3.28.